The highest BCUT2D eigenvalue weighted by atomic mass is 35.5. The number of nitrogens with zero attached hydrogens (tertiary/aromatic N) is 1. The Morgan fingerprint density at radius 1 is 0.853 bits per heavy atom. The Bertz CT molecular complexity index is 1290. The van der Waals surface area contributed by atoms with Crippen molar-refractivity contribution in [1.82, 2.24) is 0 Å². The zero-order valence-corrected chi connectivity index (χ0v) is 19.1. The number of carbonyl (C=O) groups excluding carboxylic acids is 3. The van der Waals surface area contributed by atoms with Crippen LogP contribution in [0.3, 0.4) is 0 Å². The molecule has 3 amide bonds. The van der Waals surface area contributed by atoms with Crippen molar-refractivity contribution in [1.29, 1.82) is 0 Å². The second-order valence-electron chi connectivity index (χ2n) is 9.49. The molecule has 170 valence electrons. The van der Waals surface area contributed by atoms with Crippen LogP contribution in [-0.2, 0) is 9.59 Å². The number of carbonyl (C=O) groups is 3. The van der Waals surface area contributed by atoms with E-state index < -0.39 is 0 Å². The van der Waals surface area contributed by atoms with Crippen LogP contribution in [0.5, 0.6) is 0 Å². The summed E-state index contributed by atoms with van der Waals surface area (Å²) in [6, 6.07) is 23.9. The fourth-order valence-electron chi connectivity index (χ4n) is 6.32. The lowest BCUT2D eigenvalue weighted by Crippen LogP contribution is -2.33. The molecule has 2 saturated carbocycles. The molecule has 0 unspecified atom stereocenters. The Kier molecular flexibility index (Phi) is 5.03. The molecule has 0 aromatic heterocycles. The van der Waals surface area contributed by atoms with Crippen molar-refractivity contribution < 1.29 is 14.4 Å². The zero-order valence-electron chi connectivity index (χ0n) is 18.4. The molecule has 6 rings (SSSR count). The minimum Gasteiger partial charge on any atom is -0.322 e. The van der Waals surface area contributed by atoms with Gasteiger partial charge >= 0.3 is 0 Å². The maximum absolute atomic E-state index is 13.6. The summed E-state index contributed by atoms with van der Waals surface area (Å²) >= 11 is 5.91. The molecule has 0 radical (unpaired) electrons. The van der Waals surface area contributed by atoms with Crippen molar-refractivity contribution >= 4 is 40.7 Å². The van der Waals surface area contributed by atoms with Crippen LogP contribution in [0.25, 0.3) is 0 Å². The van der Waals surface area contributed by atoms with Crippen LogP contribution in [0.1, 0.15) is 34.7 Å². The molecule has 2 bridgehead atoms. The standard InChI is InChI=1S/C28H23ClN2O3/c29-19-9-11-20(12-10-19)30-26(32)17-7-4-8-21(13-17)31-27(33)24-18-14-22(16-5-2-1-3-6-16)23(15-18)25(24)28(31)34/h1-13,18,22-25H,14-15H2,(H,30,32)/t18-,22+,23+,24+,25+/m0/s1. The van der Waals surface area contributed by atoms with Crippen LogP contribution >= 0.6 is 11.6 Å². The van der Waals surface area contributed by atoms with Gasteiger partial charge in [0, 0.05) is 16.3 Å². The number of nitrogens with one attached hydrogen (secondary N) is 1. The summed E-state index contributed by atoms with van der Waals surface area (Å²) in [5.41, 5.74) is 2.72. The first-order chi connectivity index (χ1) is 16.5. The molecule has 1 N–H and O–H groups in total. The van der Waals surface area contributed by atoms with Crippen LogP contribution in [0.4, 0.5) is 11.4 Å². The molecule has 3 aromatic carbocycles. The molecule has 1 heterocycles. The van der Waals surface area contributed by atoms with Gasteiger partial charge in [0.15, 0.2) is 0 Å². The first-order valence-corrected chi connectivity index (χ1v) is 12.0. The molecular weight excluding hydrogens is 448 g/mol. The number of benzene rings is 3. The second kappa shape index (κ2) is 8.10. The average molecular weight is 471 g/mol. The largest absolute Gasteiger partial charge is 0.322 e. The molecule has 3 aliphatic rings. The molecular formula is C28H23ClN2O3. The predicted octanol–water partition coefficient (Wildman–Crippen LogP) is 5.52. The summed E-state index contributed by atoms with van der Waals surface area (Å²) in [5, 5.41) is 3.41. The van der Waals surface area contributed by atoms with Crippen LogP contribution in [-0.4, -0.2) is 17.7 Å². The van der Waals surface area contributed by atoms with E-state index >= 15 is 0 Å². The summed E-state index contributed by atoms with van der Waals surface area (Å²) in [6.45, 7) is 0. The molecule has 3 aromatic rings. The fourth-order valence-corrected chi connectivity index (χ4v) is 6.45. The SMILES string of the molecule is O=C(Nc1ccc(Cl)cc1)c1cccc(N2C(=O)[C@@H]3[C@@H]4C[C@@H]([C@H]3C2=O)[C@@H](c2ccccc2)C4)c1. The Labute approximate surface area is 202 Å². The Morgan fingerprint density at radius 2 is 1.59 bits per heavy atom. The third-order valence-corrected chi connectivity index (χ3v) is 7.96. The third kappa shape index (κ3) is 3.34. The number of amides is 3. The summed E-state index contributed by atoms with van der Waals surface area (Å²) in [4.78, 5) is 41.1. The highest BCUT2D eigenvalue weighted by Gasteiger charge is 2.64. The van der Waals surface area contributed by atoms with Crippen LogP contribution in [0.2, 0.25) is 5.02 Å². The van der Waals surface area contributed by atoms with Gasteiger partial charge in [0.05, 0.1) is 17.5 Å². The Morgan fingerprint density at radius 3 is 2.35 bits per heavy atom. The summed E-state index contributed by atoms with van der Waals surface area (Å²) in [5.74, 6) is -0.337. The van der Waals surface area contributed by atoms with Crippen molar-refractivity contribution in [2.24, 2.45) is 23.7 Å². The number of hydrogen-bond acceptors (Lipinski definition) is 3. The van der Waals surface area contributed by atoms with Crippen molar-refractivity contribution in [2.45, 2.75) is 18.8 Å². The van der Waals surface area contributed by atoms with Crippen LogP contribution in [0, 0.1) is 23.7 Å². The van der Waals surface area contributed by atoms with E-state index in [0.29, 0.717) is 27.9 Å². The van der Waals surface area contributed by atoms with E-state index in [9.17, 15) is 14.4 Å². The highest BCUT2D eigenvalue weighted by Crippen LogP contribution is 2.61. The summed E-state index contributed by atoms with van der Waals surface area (Å²) in [7, 11) is 0. The van der Waals surface area contributed by atoms with Gasteiger partial charge in [-0.2, -0.15) is 0 Å². The van der Waals surface area contributed by atoms with Crippen molar-refractivity contribution in [3.05, 3.63) is 95.0 Å². The van der Waals surface area contributed by atoms with Gasteiger partial charge in [0.2, 0.25) is 11.8 Å². The van der Waals surface area contributed by atoms with Crippen LogP contribution in [0.15, 0.2) is 78.9 Å². The summed E-state index contributed by atoms with van der Waals surface area (Å²) in [6.07, 6.45) is 1.88. The monoisotopic (exact) mass is 470 g/mol. The maximum Gasteiger partial charge on any atom is 0.255 e. The predicted molar refractivity (Wildman–Crippen MR) is 131 cm³/mol. The van der Waals surface area contributed by atoms with Crippen LogP contribution < -0.4 is 10.2 Å². The second-order valence-corrected chi connectivity index (χ2v) is 9.92. The van der Waals surface area contributed by atoms with Gasteiger partial charge < -0.3 is 5.32 Å². The van der Waals surface area contributed by atoms with E-state index in [1.807, 2.05) is 18.2 Å². The Balaban J connectivity index is 1.25. The molecule has 0 spiro atoms. The quantitative estimate of drug-likeness (QED) is 0.510. The van der Waals surface area contributed by atoms with E-state index in [2.05, 4.69) is 17.4 Å². The number of anilines is 2. The van der Waals surface area contributed by atoms with Gasteiger partial charge in [-0.05, 0) is 78.6 Å². The van der Waals surface area contributed by atoms with Gasteiger partial charge in [-0.15, -0.1) is 0 Å². The summed E-state index contributed by atoms with van der Waals surface area (Å²) < 4.78 is 0. The van der Waals surface area contributed by atoms with E-state index in [4.69, 9.17) is 11.6 Å². The van der Waals surface area contributed by atoms with Gasteiger partial charge in [-0.1, -0.05) is 48.0 Å². The molecule has 2 aliphatic carbocycles. The molecule has 34 heavy (non-hydrogen) atoms. The minimum absolute atomic E-state index is 0.121. The minimum atomic E-state index is -0.312. The number of hydrogen-bond donors (Lipinski definition) is 1. The third-order valence-electron chi connectivity index (χ3n) is 7.71. The zero-order chi connectivity index (χ0) is 23.4. The lowest BCUT2D eigenvalue weighted by atomic mass is 9.73. The van der Waals surface area contributed by atoms with E-state index in [-0.39, 0.29) is 41.4 Å². The Hall–Kier alpha value is -3.44. The van der Waals surface area contributed by atoms with E-state index in [1.54, 1.807) is 48.5 Å². The average Bonchev–Trinajstić information content (AvgIpc) is 3.52. The van der Waals surface area contributed by atoms with Gasteiger partial charge in [0.25, 0.3) is 5.91 Å². The fraction of sp³-hybridized carbons (Fsp3) is 0.250. The lowest BCUT2D eigenvalue weighted by molar-refractivity contribution is -0.123. The smallest absolute Gasteiger partial charge is 0.255 e. The van der Waals surface area contributed by atoms with Crippen molar-refractivity contribution in [3.63, 3.8) is 0 Å². The number of fused-ring (bicyclic) bond motifs is 5. The van der Waals surface area contributed by atoms with Gasteiger partial charge in [0.1, 0.15) is 0 Å². The van der Waals surface area contributed by atoms with Crippen molar-refractivity contribution in [3.8, 4) is 0 Å². The first-order valence-electron chi connectivity index (χ1n) is 11.6. The number of rotatable bonds is 4. The molecule has 1 aliphatic heterocycles. The molecule has 1 saturated heterocycles. The van der Waals surface area contributed by atoms with Crippen molar-refractivity contribution in [2.75, 3.05) is 10.2 Å². The van der Waals surface area contributed by atoms with Gasteiger partial charge in [-0.25, -0.2) is 0 Å². The highest BCUT2D eigenvalue weighted by molar-refractivity contribution is 6.30. The topological polar surface area (TPSA) is 66.5 Å². The normalized spacial score (nSPS) is 27.2. The molecule has 3 fully saturated rings. The number of imide groups is 1. The molecule has 5 nitrogen and oxygen atoms in total. The molecule has 5 atom stereocenters. The van der Waals surface area contributed by atoms with E-state index in [0.717, 1.165) is 12.8 Å². The molecule has 6 heteroatoms. The number of halogens is 1. The maximum atomic E-state index is 13.6. The van der Waals surface area contributed by atoms with E-state index in [1.165, 1.54) is 10.5 Å². The lowest BCUT2D eigenvalue weighted by Gasteiger charge is -2.28. The first kappa shape index (κ1) is 21.1. The van der Waals surface area contributed by atoms with Gasteiger partial charge in [-0.3, -0.25) is 19.3 Å².